The second kappa shape index (κ2) is 8.69. The predicted octanol–water partition coefficient (Wildman–Crippen LogP) is 2.69. The molecule has 1 aromatic rings. The summed E-state index contributed by atoms with van der Waals surface area (Å²) in [6.45, 7) is 11.5. The first-order chi connectivity index (χ1) is 9.11. The summed E-state index contributed by atoms with van der Waals surface area (Å²) < 4.78 is 5.52. The van der Waals surface area contributed by atoms with E-state index in [9.17, 15) is 0 Å². The fourth-order valence-corrected chi connectivity index (χ4v) is 1.57. The Bertz CT molecular complexity index is 368. The van der Waals surface area contributed by atoms with Gasteiger partial charge in [-0.2, -0.15) is 0 Å². The Morgan fingerprint density at radius 2 is 1.79 bits per heavy atom. The fourth-order valence-electron chi connectivity index (χ4n) is 1.57. The molecule has 1 heterocycles. The van der Waals surface area contributed by atoms with E-state index < -0.39 is 0 Å². The molecule has 0 bridgehead atoms. The van der Waals surface area contributed by atoms with E-state index in [1.165, 1.54) is 0 Å². The molecule has 0 aromatic carbocycles. The molecule has 0 atom stereocenters. The van der Waals surface area contributed by atoms with Crippen LogP contribution in [0.4, 0.5) is 11.6 Å². The summed E-state index contributed by atoms with van der Waals surface area (Å²) in [5, 5.41) is 6.53. The highest BCUT2D eigenvalue weighted by molar-refractivity contribution is 5.47. The summed E-state index contributed by atoms with van der Waals surface area (Å²) in [5.41, 5.74) is 0. The van der Waals surface area contributed by atoms with Crippen molar-refractivity contribution < 1.29 is 4.74 Å². The van der Waals surface area contributed by atoms with Gasteiger partial charge in [0, 0.05) is 25.8 Å². The molecule has 19 heavy (non-hydrogen) atoms. The maximum absolute atomic E-state index is 5.52. The zero-order valence-corrected chi connectivity index (χ0v) is 12.5. The molecule has 0 aliphatic rings. The van der Waals surface area contributed by atoms with Crippen molar-refractivity contribution in [3.63, 3.8) is 0 Å². The molecule has 0 saturated carbocycles. The van der Waals surface area contributed by atoms with Crippen LogP contribution in [0.1, 0.15) is 33.0 Å². The van der Waals surface area contributed by atoms with Crippen LogP contribution in [0.3, 0.4) is 0 Å². The first kappa shape index (κ1) is 15.7. The minimum atomic E-state index is 0.575. The van der Waals surface area contributed by atoms with Gasteiger partial charge in [0.05, 0.1) is 6.61 Å². The quantitative estimate of drug-likeness (QED) is 0.673. The first-order valence-corrected chi connectivity index (χ1v) is 7.03. The van der Waals surface area contributed by atoms with Crippen molar-refractivity contribution >= 4 is 11.6 Å². The highest BCUT2D eigenvalue weighted by Crippen LogP contribution is 2.10. The third-order valence-electron chi connectivity index (χ3n) is 2.40. The van der Waals surface area contributed by atoms with Crippen molar-refractivity contribution in [2.24, 2.45) is 5.92 Å². The molecule has 0 aliphatic carbocycles. The van der Waals surface area contributed by atoms with Crippen LogP contribution in [0.15, 0.2) is 6.07 Å². The maximum Gasteiger partial charge on any atom is 0.131 e. The van der Waals surface area contributed by atoms with Gasteiger partial charge in [-0.15, -0.1) is 0 Å². The molecule has 0 amide bonds. The van der Waals surface area contributed by atoms with Gasteiger partial charge >= 0.3 is 0 Å². The average Bonchev–Trinajstić information content (AvgIpc) is 2.35. The molecule has 5 nitrogen and oxygen atoms in total. The number of rotatable bonds is 9. The van der Waals surface area contributed by atoms with Crippen LogP contribution in [0.5, 0.6) is 0 Å². The molecule has 0 spiro atoms. The maximum atomic E-state index is 5.52. The molecule has 2 N–H and O–H groups in total. The summed E-state index contributed by atoms with van der Waals surface area (Å²) in [4.78, 5) is 8.70. The predicted molar refractivity (Wildman–Crippen MR) is 79.7 cm³/mol. The molecule has 5 heteroatoms. The minimum Gasteiger partial charge on any atom is -0.379 e. The van der Waals surface area contributed by atoms with Gasteiger partial charge in [-0.3, -0.25) is 0 Å². The average molecular weight is 266 g/mol. The van der Waals surface area contributed by atoms with Gasteiger partial charge in [-0.25, -0.2) is 9.97 Å². The molecular formula is C14H26N4O. The number of nitrogens with zero attached hydrogens (tertiary/aromatic N) is 2. The molecule has 0 fully saturated rings. The molecule has 108 valence electrons. The van der Waals surface area contributed by atoms with Crippen molar-refractivity contribution in [1.29, 1.82) is 0 Å². The highest BCUT2D eigenvalue weighted by atomic mass is 16.5. The Balaban J connectivity index is 2.38. The standard InChI is InChI=1S/C14H26N4O/c1-5-6-15-13-9-14(18-12(4)17-13)16-7-8-19-10-11(2)3/h9,11H,5-8,10H2,1-4H3,(H2,15,16,17,18). The Morgan fingerprint density at radius 3 is 2.37 bits per heavy atom. The van der Waals surface area contributed by atoms with Crippen molar-refractivity contribution in [1.82, 2.24) is 9.97 Å². The zero-order chi connectivity index (χ0) is 14.1. The number of hydrogen-bond acceptors (Lipinski definition) is 5. The first-order valence-electron chi connectivity index (χ1n) is 7.03. The third kappa shape index (κ3) is 6.96. The molecule has 0 radical (unpaired) electrons. The zero-order valence-electron chi connectivity index (χ0n) is 12.5. The van der Waals surface area contributed by atoms with E-state index >= 15 is 0 Å². The summed E-state index contributed by atoms with van der Waals surface area (Å²) in [5.74, 6) is 3.07. The van der Waals surface area contributed by atoms with Gasteiger partial charge in [0.1, 0.15) is 17.5 Å². The lowest BCUT2D eigenvalue weighted by molar-refractivity contribution is 0.118. The number of ether oxygens (including phenoxy) is 1. The lowest BCUT2D eigenvalue weighted by atomic mass is 10.2. The molecule has 0 unspecified atom stereocenters. The van der Waals surface area contributed by atoms with Crippen LogP contribution < -0.4 is 10.6 Å². The lowest BCUT2D eigenvalue weighted by Crippen LogP contribution is -2.14. The van der Waals surface area contributed by atoms with Crippen LogP contribution >= 0.6 is 0 Å². The van der Waals surface area contributed by atoms with Gasteiger partial charge in [0.15, 0.2) is 0 Å². The third-order valence-corrected chi connectivity index (χ3v) is 2.40. The number of aromatic nitrogens is 2. The van der Waals surface area contributed by atoms with Gasteiger partial charge in [-0.05, 0) is 19.3 Å². The normalized spacial score (nSPS) is 10.8. The monoisotopic (exact) mass is 266 g/mol. The van der Waals surface area contributed by atoms with Gasteiger partial charge < -0.3 is 15.4 Å². The summed E-state index contributed by atoms with van der Waals surface area (Å²) >= 11 is 0. The number of nitrogens with one attached hydrogen (secondary N) is 2. The van der Waals surface area contributed by atoms with Crippen molar-refractivity contribution in [3.05, 3.63) is 11.9 Å². The molecule has 0 saturated heterocycles. The number of hydrogen-bond donors (Lipinski definition) is 2. The Kier molecular flexibility index (Phi) is 7.18. The smallest absolute Gasteiger partial charge is 0.131 e. The summed E-state index contributed by atoms with van der Waals surface area (Å²) in [6.07, 6.45) is 1.08. The van der Waals surface area contributed by atoms with E-state index in [0.717, 1.165) is 43.6 Å². The van der Waals surface area contributed by atoms with E-state index in [0.29, 0.717) is 12.5 Å². The van der Waals surface area contributed by atoms with Gasteiger partial charge in [-0.1, -0.05) is 20.8 Å². The second-order valence-corrected chi connectivity index (χ2v) is 5.01. The van der Waals surface area contributed by atoms with Crippen LogP contribution in [-0.2, 0) is 4.74 Å². The van der Waals surface area contributed by atoms with Crippen molar-refractivity contribution in [2.75, 3.05) is 36.9 Å². The van der Waals surface area contributed by atoms with Gasteiger partial charge in [0.2, 0.25) is 0 Å². The Morgan fingerprint density at radius 1 is 1.16 bits per heavy atom. The van der Waals surface area contributed by atoms with Gasteiger partial charge in [0.25, 0.3) is 0 Å². The number of anilines is 2. The lowest BCUT2D eigenvalue weighted by Gasteiger charge is -2.10. The number of aryl methyl sites for hydroxylation is 1. The summed E-state index contributed by atoms with van der Waals surface area (Å²) in [6, 6.07) is 1.94. The second-order valence-electron chi connectivity index (χ2n) is 5.01. The Hall–Kier alpha value is -1.36. The van der Waals surface area contributed by atoms with E-state index in [2.05, 4.69) is 41.4 Å². The van der Waals surface area contributed by atoms with Crippen LogP contribution in [0, 0.1) is 12.8 Å². The fraction of sp³-hybridized carbons (Fsp3) is 0.714. The topological polar surface area (TPSA) is 59.1 Å². The van der Waals surface area contributed by atoms with Crippen LogP contribution in [0.2, 0.25) is 0 Å². The Labute approximate surface area is 116 Å². The molecule has 1 rings (SSSR count). The van der Waals surface area contributed by atoms with E-state index in [4.69, 9.17) is 4.74 Å². The van der Waals surface area contributed by atoms with E-state index in [1.807, 2.05) is 13.0 Å². The summed E-state index contributed by atoms with van der Waals surface area (Å²) in [7, 11) is 0. The van der Waals surface area contributed by atoms with Crippen LogP contribution in [0.25, 0.3) is 0 Å². The molecular weight excluding hydrogens is 240 g/mol. The van der Waals surface area contributed by atoms with Crippen molar-refractivity contribution in [2.45, 2.75) is 34.1 Å². The van der Waals surface area contributed by atoms with Crippen LogP contribution in [-0.4, -0.2) is 36.3 Å². The highest BCUT2D eigenvalue weighted by Gasteiger charge is 2.01. The SMILES string of the molecule is CCCNc1cc(NCCOCC(C)C)nc(C)n1. The molecule has 0 aliphatic heterocycles. The van der Waals surface area contributed by atoms with E-state index in [-0.39, 0.29) is 0 Å². The minimum absolute atomic E-state index is 0.575. The largest absolute Gasteiger partial charge is 0.379 e. The van der Waals surface area contributed by atoms with E-state index in [1.54, 1.807) is 0 Å². The molecule has 1 aromatic heterocycles. The van der Waals surface area contributed by atoms with Crippen molar-refractivity contribution in [3.8, 4) is 0 Å².